The number of rotatable bonds is 2. The normalized spacial score (nSPS) is 10.3. The van der Waals surface area contributed by atoms with E-state index in [1.807, 2.05) is 38.1 Å². The van der Waals surface area contributed by atoms with E-state index in [2.05, 4.69) is 10.2 Å². The third kappa shape index (κ3) is 3.05. The number of azo groups is 1. The maximum atomic E-state index is 9.09. The summed E-state index contributed by atoms with van der Waals surface area (Å²) in [6.45, 7) is 3.80. The van der Waals surface area contributed by atoms with Crippen molar-refractivity contribution in [2.75, 3.05) is 5.73 Å². The average molecular weight is 275 g/mol. The Morgan fingerprint density at radius 1 is 0.905 bits per heavy atom. The number of hydrogen-bond acceptors (Lipinski definition) is 5. The lowest BCUT2D eigenvalue weighted by atomic mass is 10.1. The van der Waals surface area contributed by atoms with Crippen LogP contribution in [-0.4, -0.2) is 0 Å². The van der Waals surface area contributed by atoms with Gasteiger partial charge in [-0.15, -0.1) is 5.11 Å². The van der Waals surface area contributed by atoms with Crippen LogP contribution in [0.4, 0.5) is 17.1 Å². The zero-order valence-corrected chi connectivity index (χ0v) is 11.8. The van der Waals surface area contributed by atoms with E-state index in [0.717, 1.165) is 11.1 Å². The third-order valence-corrected chi connectivity index (χ3v) is 3.10. The number of anilines is 1. The minimum Gasteiger partial charge on any atom is -0.399 e. The minimum atomic E-state index is 0.322. The van der Waals surface area contributed by atoms with Crippen LogP contribution in [0.2, 0.25) is 0 Å². The summed E-state index contributed by atoms with van der Waals surface area (Å²) in [6.07, 6.45) is 0. The number of nitriles is 2. The number of nitrogens with two attached hydrogens (primary N) is 1. The standard InChI is InChI=1S/C16H13N5/c1-10-6-16(11(2)5-14(10)19)21-20-15-4-3-12(8-17)7-13(15)9-18/h3-7H,19H2,1-2H3. The molecule has 0 radical (unpaired) electrons. The number of hydrogen-bond donors (Lipinski definition) is 1. The van der Waals surface area contributed by atoms with Crippen LogP contribution in [0.15, 0.2) is 40.6 Å². The molecule has 0 aliphatic heterocycles. The molecule has 0 aliphatic rings. The van der Waals surface area contributed by atoms with Crippen molar-refractivity contribution in [2.24, 2.45) is 10.2 Å². The molecule has 2 N–H and O–H groups in total. The smallest absolute Gasteiger partial charge is 0.104 e. The first-order chi connectivity index (χ1) is 10.0. The fourth-order valence-electron chi connectivity index (χ4n) is 1.82. The van der Waals surface area contributed by atoms with Gasteiger partial charge in [-0.3, -0.25) is 0 Å². The molecule has 102 valence electrons. The SMILES string of the molecule is Cc1cc(N=Nc2ccc(C#N)cc2C#N)c(C)cc1N. The minimum absolute atomic E-state index is 0.322. The van der Waals surface area contributed by atoms with E-state index in [0.29, 0.717) is 28.2 Å². The van der Waals surface area contributed by atoms with Gasteiger partial charge in [-0.2, -0.15) is 15.6 Å². The highest BCUT2D eigenvalue weighted by atomic mass is 15.1. The molecule has 0 bridgehead atoms. The number of nitrogens with zero attached hydrogens (tertiary/aromatic N) is 4. The van der Waals surface area contributed by atoms with Crippen LogP contribution in [0.3, 0.4) is 0 Å². The van der Waals surface area contributed by atoms with E-state index in [9.17, 15) is 0 Å². The number of nitrogen functional groups attached to an aromatic ring is 1. The second kappa shape index (κ2) is 5.85. The fraction of sp³-hybridized carbons (Fsp3) is 0.125. The second-order valence-corrected chi connectivity index (χ2v) is 4.65. The Kier molecular flexibility index (Phi) is 3.97. The highest BCUT2D eigenvalue weighted by Gasteiger charge is 2.04. The Morgan fingerprint density at radius 2 is 1.62 bits per heavy atom. The van der Waals surface area contributed by atoms with Gasteiger partial charge in [0, 0.05) is 5.69 Å². The molecular weight excluding hydrogens is 262 g/mol. The summed E-state index contributed by atoms with van der Waals surface area (Å²) < 4.78 is 0. The van der Waals surface area contributed by atoms with Gasteiger partial charge in [-0.05, 0) is 55.3 Å². The Morgan fingerprint density at radius 3 is 2.29 bits per heavy atom. The van der Waals surface area contributed by atoms with Crippen LogP contribution >= 0.6 is 0 Å². The van der Waals surface area contributed by atoms with Crippen molar-refractivity contribution in [3.63, 3.8) is 0 Å². The first kappa shape index (κ1) is 14.2. The zero-order valence-electron chi connectivity index (χ0n) is 11.8. The van der Waals surface area contributed by atoms with E-state index in [1.165, 1.54) is 6.07 Å². The van der Waals surface area contributed by atoms with Crippen LogP contribution in [0.25, 0.3) is 0 Å². The number of benzene rings is 2. The van der Waals surface area contributed by atoms with Crippen LogP contribution in [-0.2, 0) is 0 Å². The monoisotopic (exact) mass is 275 g/mol. The van der Waals surface area contributed by atoms with Gasteiger partial charge in [0.2, 0.25) is 0 Å². The van der Waals surface area contributed by atoms with Gasteiger partial charge in [0.1, 0.15) is 11.8 Å². The summed E-state index contributed by atoms with van der Waals surface area (Å²) in [5.74, 6) is 0. The van der Waals surface area contributed by atoms with Crippen molar-refractivity contribution in [2.45, 2.75) is 13.8 Å². The van der Waals surface area contributed by atoms with Gasteiger partial charge in [0.15, 0.2) is 0 Å². The Labute approximate surface area is 123 Å². The highest BCUT2D eigenvalue weighted by molar-refractivity contribution is 5.60. The van der Waals surface area contributed by atoms with Gasteiger partial charge in [-0.25, -0.2) is 0 Å². The maximum absolute atomic E-state index is 9.09. The molecule has 0 heterocycles. The van der Waals surface area contributed by atoms with Crippen molar-refractivity contribution in [3.05, 3.63) is 52.6 Å². The lowest BCUT2D eigenvalue weighted by Crippen LogP contribution is -1.90. The van der Waals surface area contributed by atoms with Gasteiger partial charge in [-0.1, -0.05) is 0 Å². The van der Waals surface area contributed by atoms with E-state index < -0.39 is 0 Å². The predicted molar refractivity (Wildman–Crippen MR) is 80.4 cm³/mol. The van der Waals surface area contributed by atoms with E-state index in [4.69, 9.17) is 16.3 Å². The van der Waals surface area contributed by atoms with Crippen molar-refractivity contribution < 1.29 is 0 Å². The summed E-state index contributed by atoms with van der Waals surface area (Å²) in [7, 11) is 0. The largest absolute Gasteiger partial charge is 0.399 e. The first-order valence-corrected chi connectivity index (χ1v) is 6.28. The Hall–Kier alpha value is -3.18. The Bertz CT molecular complexity index is 807. The molecule has 0 aliphatic carbocycles. The second-order valence-electron chi connectivity index (χ2n) is 4.65. The summed E-state index contributed by atoms with van der Waals surface area (Å²) in [6, 6.07) is 12.4. The maximum Gasteiger partial charge on any atom is 0.104 e. The van der Waals surface area contributed by atoms with Crippen molar-refractivity contribution in [1.82, 2.24) is 0 Å². The molecule has 2 aromatic carbocycles. The summed E-state index contributed by atoms with van der Waals surface area (Å²) in [4.78, 5) is 0. The van der Waals surface area contributed by atoms with Crippen LogP contribution < -0.4 is 5.73 Å². The van der Waals surface area contributed by atoms with Gasteiger partial charge >= 0.3 is 0 Å². The van der Waals surface area contributed by atoms with Gasteiger partial charge < -0.3 is 5.73 Å². The summed E-state index contributed by atoms with van der Waals surface area (Å²) >= 11 is 0. The van der Waals surface area contributed by atoms with Gasteiger partial charge in [0.25, 0.3) is 0 Å². The molecular formula is C16H13N5. The average Bonchev–Trinajstić information content (AvgIpc) is 2.49. The molecule has 5 heteroatoms. The molecule has 0 spiro atoms. The lowest BCUT2D eigenvalue weighted by Gasteiger charge is -2.04. The zero-order chi connectivity index (χ0) is 15.4. The quantitative estimate of drug-likeness (QED) is 0.661. The molecule has 0 atom stereocenters. The molecule has 0 saturated carbocycles. The van der Waals surface area contributed by atoms with E-state index in [-0.39, 0.29) is 0 Å². The molecule has 0 fully saturated rings. The summed E-state index contributed by atoms with van der Waals surface area (Å²) in [5.41, 5.74) is 10.3. The Balaban J connectivity index is 2.41. The first-order valence-electron chi connectivity index (χ1n) is 6.28. The summed E-state index contributed by atoms with van der Waals surface area (Å²) in [5, 5.41) is 26.2. The van der Waals surface area contributed by atoms with Crippen LogP contribution in [0.1, 0.15) is 22.3 Å². The predicted octanol–water partition coefficient (Wildman–Crippen LogP) is 4.04. The van der Waals surface area contributed by atoms with Gasteiger partial charge in [0.05, 0.1) is 22.9 Å². The molecule has 2 aromatic rings. The van der Waals surface area contributed by atoms with E-state index >= 15 is 0 Å². The number of aryl methyl sites for hydroxylation is 2. The van der Waals surface area contributed by atoms with E-state index in [1.54, 1.807) is 12.1 Å². The van der Waals surface area contributed by atoms with Crippen LogP contribution in [0, 0.1) is 36.5 Å². The molecule has 0 unspecified atom stereocenters. The van der Waals surface area contributed by atoms with Crippen molar-refractivity contribution in [3.8, 4) is 12.1 Å². The topological polar surface area (TPSA) is 98.3 Å². The van der Waals surface area contributed by atoms with Crippen molar-refractivity contribution in [1.29, 1.82) is 10.5 Å². The molecule has 0 saturated heterocycles. The third-order valence-electron chi connectivity index (χ3n) is 3.10. The molecule has 5 nitrogen and oxygen atoms in total. The van der Waals surface area contributed by atoms with Crippen LogP contribution in [0.5, 0.6) is 0 Å². The molecule has 0 amide bonds. The lowest BCUT2D eigenvalue weighted by molar-refractivity contribution is 1.19. The molecule has 2 rings (SSSR count). The molecule has 0 aromatic heterocycles. The fourth-order valence-corrected chi connectivity index (χ4v) is 1.82. The van der Waals surface area contributed by atoms with Crippen molar-refractivity contribution >= 4 is 17.1 Å². The molecule has 21 heavy (non-hydrogen) atoms. The highest BCUT2D eigenvalue weighted by Crippen LogP contribution is 2.28.